The largest absolute Gasteiger partial charge is 0.444 e. The molecule has 0 saturated carbocycles. The molecule has 2 rings (SSSR count). The first-order valence-electron chi connectivity index (χ1n) is 8.31. The molecule has 6 heteroatoms. The zero-order valence-corrected chi connectivity index (χ0v) is 14.6. The van der Waals surface area contributed by atoms with Crippen molar-refractivity contribution in [2.45, 2.75) is 38.8 Å². The van der Waals surface area contributed by atoms with Gasteiger partial charge in [0.25, 0.3) is 0 Å². The summed E-state index contributed by atoms with van der Waals surface area (Å²) in [7, 11) is 0. The highest BCUT2D eigenvalue weighted by molar-refractivity contribution is 5.81. The smallest absolute Gasteiger partial charge is 0.407 e. The molecule has 1 aliphatic rings. The van der Waals surface area contributed by atoms with E-state index in [0.29, 0.717) is 6.54 Å². The highest BCUT2D eigenvalue weighted by Gasteiger charge is 2.32. The summed E-state index contributed by atoms with van der Waals surface area (Å²) in [6, 6.07) is 9.14. The van der Waals surface area contributed by atoms with Gasteiger partial charge in [-0.1, -0.05) is 30.3 Å². The highest BCUT2D eigenvalue weighted by atomic mass is 16.6. The maximum Gasteiger partial charge on any atom is 0.407 e. The van der Waals surface area contributed by atoms with Crippen LogP contribution in [-0.2, 0) is 9.53 Å². The number of ether oxygens (including phenoxy) is 1. The summed E-state index contributed by atoms with van der Waals surface area (Å²) < 4.78 is 5.24. The number of alkyl carbamates (subject to hydrolysis) is 1. The van der Waals surface area contributed by atoms with Gasteiger partial charge in [0, 0.05) is 13.1 Å². The number of carbonyl (C=O) groups is 2. The third-order valence-corrected chi connectivity index (χ3v) is 4.00. The van der Waals surface area contributed by atoms with E-state index in [-0.39, 0.29) is 11.8 Å². The number of primary amides is 1. The van der Waals surface area contributed by atoms with Gasteiger partial charge < -0.3 is 15.8 Å². The minimum atomic E-state index is -0.504. The Morgan fingerprint density at radius 2 is 2.00 bits per heavy atom. The van der Waals surface area contributed by atoms with Gasteiger partial charge in [0.05, 0.1) is 0 Å². The summed E-state index contributed by atoms with van der Waals surface area (Å²) in [6.45, 7) is 7.54. The standard InChI is InChI=1S/C18H27N3O3/c1-18(2,3)24-17(23)20-11-13-9-10-21(12-13)15(16(19)22)14-7-5-4-6-8-14/h4-8,13,15H,9-12H2,1-3H3,(H2,19,22)(H,20,23)/t13-,15-/m1/s1. The molecule has 0 aliphatic carbocycles. The summed E-state index contributed by atoms with van der Waals surface area (Å²) in [5.74, 6) is -0.0648. The van der Waals surface area contributed by atoms with Gasteiger partial charge in [0.15, 0.2) is 0 Å². The molecule has 2 atom stereocenters. The molecular formula is C18H27N3O3. The molecule has 1 aromatic rings. The number of nitrogens with zero attached hydrogens (tertiary/aromatic N) is 1. The van der Waals surface area contributed by atoms with Crippen LogP contribution < -0.4 is 11.1 Å². The van der Waals surface area contributed by atoms with E-state index in [1.54, 1.807) is 0 Å². The maximum absolute atomic E-state index is 11.9. The van der Waals surface area contributed by atoms with E-state index in [4.69, 9.17) is 10.5 Å². The van der Waals surface area contributed by atoms with E-state index < -0.39 is 17.7 Å². The minimum Gasteiger partial charge on any atom is -0.444 e. The molecule has 6 nitrogen and oxygen atoms in total. The lowest BCUT2D eigenvalue weighted by atomic mass is 10.0. The molecule has 0 unspecified atom stereocenters. The maximum atomic E-state index is 11.9. The van der Waals surface area contributed by atoms with Gasteiger partial charge in [0.2, 0.25) is 5.91 Å². The van der Waals surface area contributed by atoms with Gasteiger partial charge in [0.1, 0.15) is 11.6 Å². The average Bonchev–Trinajstić information content (AvgIpc) is 2.93. The summed E-state index contributed by atoms with van der Waals surface area (Å²) in [5, 5.41) is 2.81. The molecule has 0 bridgehead atoms. The third-order valence-electron chi connectivity index (χ3n) is 4.00. The molecule has 1 aliphatic heterocycles. The molecule has 24 heavy (non-hydrogen) atoms. The van der Waals surface area contributed by atoms with E-state index in [0.717, 1.165) is 25.1 Å². The molecular weight excluding hydrogens is 306 g/mol. The van der Waals surface area contributed by atoms with Crippen LogP contribution in [0.5, 0.6) is 0 Å². The second kappa shape index (κ2) is 7.66. The Bertz CT molecular complexity index is 569. The molecule has 1 heterocycles. The van der Waals surface area contributed by atoms with Gasteiger partial charge in [-0.05, 0) is 45.2 Å². The summed E-state index contributed by atoms with van der Waals surface area (Å²) in [5.41, 5.74) is 6.02. The first-order valence-corrected chi connectivity index (χ1v) is 8.31. The predicted molar refractivity (Wildman–Crippen MR) is 92.3 cm³/mol. The SMILES string of the molecule is CC(C)(C)OC(=O)NC[C@H]1CCN([C@@H](C(N)=O)c2ccccc2)C1. The molecule has 132 valence electrons. The van der Waals surface area contributed by atoms with Crippen molar-refractivity contribution < 1.29 is 14.3 Å². The first-order chi connectivity index (χ1) is 11.3. The number of benzene rings is 1. The monoisotopic (exact) mass is 333 g/mol. The number of likely N-dealkylation sites (tertiary alicyclic amines) is 1. The number of nitrogens with two attached hydrogens (primary N) is 1. The van der Waals surface area contributed by atoms with Crippen LogP contribution in [0.3, 0.4) is 0 Å². The second-order valence-electron chi connectivity index (χ2n) is 7.25. The van der Waals surface area contributed by atoms with E-state index in [2.05, 4.69) is 10.2 Å². The van der Waals surface area contributed by atoms with Gasteiger partial charge >= 0.3 is 6.09 Å². The zero-order valence-electron chi connectivity index (χ0n) is 14.6. The Hall–Kier alpha value is -2.08. The molecule has 3 N–H and O–H groups in total. The van der Waals surface area contributed by atoms with Crippen molar-refractivity contribution in [3.8, 4) is 0 Å². The van der Waals surface area contributed by atoms with Gasteiger partial charge in [-0.3, -0.25) is 9.69 Å². The van der Waals surface area contributed by atoms with Crippen LogP contribution in [0.1, 0.15) is 38.8 Å². The minimum absolute atomic E-state index is 0.281. The van der Waals surface area contributed by atoms with Gasteiger partial charge in [-0.2, -0.15) is 0 Å². The van der Waals surface area contributed by atoms with Crippen LogP contribution in [0.25, 0.3) is 0 Å². The quantitative estimate of drug-likeness (QED) is 0.864. The van der Waals surface area contributed by atoms with E-state index >= 15 is 0 Å². The average molecular weight is 333 g/mol. The van der Waals surface area contributed by atoms with Crippen LogP contribution >= 0.6 is 0 Å². The lowest BCUT2D eigenvalue weighted by Crippen LogP contribution is -2.38. The van der Waals surface area contributed by atoms with E-state index in [1.807, 2.05) is 51.1 Å². The second-order valence-corrected chi connectivity index (χ2v) is 7.25. The Labute approximate surface area is 143 Å². The summed E-state index contributed by atoms with van der Waals surface area (Å²) in [4.78, 5) is 25.7. The van der Waals surface area contributed by atoms with Crippen molar-refractivity contribution in [1.82, 2.24) is 10.2 Å². The molecule has 1 saturated heterocycles. The molecule has 0 aromatic heterocycles. The van der Waals surface area contributed by atoms with E-state index in [9.17, 15) is 9.59 Å². The van der Waals surface area contributed by atoms with Gasteiger partial charge in [-0.15, -0.1) is 0 Å². The topological polar surface area (TPSA) is 84.7 Å². The van der Waals surface area contributed by atoms with E-state index in [1.165, 1.54) is 0 Å². The Morgan fingerprint density at radius 3 is 2.58 bits per heavy atom. The van der Waals surface area contributed by atoms with Crippen LogP contribution in [0.2, 0.25) is 0 Å². The fourth-order valence-electron chi connectivity index (χ4n) is 3.00. The number of carbonyl (C=O) groups excluding carboxylic acids is 2. The van der Waals surface area contributed by atoms with Crippen molar-refractivity contribution in [2.75, 3.05) is 19.6 Å². The van der Waals surface area contributed by atoms with Crippen LogP contribution in [0.15, 0.2) is 30.3 Å². The Balaban J connectivity index is 1.89. The molecule has 2 amide bonds. The lowest BCUT2D eigenvalue weighted by Gasteiger charge is -2.25. The molecule has 0 spiro atoms. The normalized spacial score (nSPS) is 19.7. The van der Waals surface area contributed by atoms with Gasteiger partial charge in [-0.25, -0.2) is 4.79 Å². The van der Waals surface area contributed by atoms with Crippen LogP contribution in [0, 0.1) is 5.92 Å². The Morgan fingerprint density at radius 1 is 1.33 bits per heavy atom. The van der Waals surface area contributed by atoms with Crippen molar-refractivity contribution >= 4 is 12.0 Å². The van der Waals surface area contributed by atoms with Crippen LogP contribution in [0.4, 0.5) is 4.79 Å². The van der Waals surface area contributed by atoms with Crippen molar-refractivity contribution in [3.05, 3.63) is 35.9 Å². The molecule has 0 radical (unpaired) electrons. The third kappa shape index (κ3) is 5.23. The number of nitrogens with one attached hydrogen (secondary N) is 1. The summed E-state index contributed by atoms with van der Waals surface area (Å²) >= 11 is 0. The number of amides is 2. The Kier molecular flexibility index (Phi) is 5.83. The number of rotatable bonds is 5. The summed E-state index contributed by atoms with van der Waals surface area (Å²) in [6.07, 6.45) is 0.502. The lowest BCUT2D eigenvalue weighted by molar-refractivity contribution is -0.123. The van der Waals surface area contributed by atoms with Crippen molar-refractivity contribution in [1.29, 1.82) is 0 Å². The predicted octanol–water partition coefficient (Wildman–Crippen LogP) is 2.06. The van der Waals surface area contributed by atoms with Crippen molar-refractivity contribution in [3.63, 3.8) is 0 Å². The molecule has 1 aromatic carbocycles. The fourth-order valence-corrected chi connectivity index (χ4v) is 3.00. The van der Waals surface area contributed by atoms with Crippen LogP contribution in [-0.4, -0.2) is 42.1 Å². The highest BCUT2D eigenvalue weighted by Crippen LogP contribution is 2.27. The fraction of sp³-hybridized carbons (Fsp3) is 0.556. The van der Waals surface area contributed by atoms with Crippen molar-refractivity contribution in [2.24, 2.45) is 11.7 Å². The molecule has 1 fully saturated rings. The zero-order chi connectivity index (χ0) is 17.7. The first kappa shape index (κ1) is 18.3. The number of hydrogen-bond donors (Lipinski definition) is 2. The number of hydrogen-bond acceptors (Lipinski definition) is 4.